The maximum Gasteiger partial charge on any atom is 0.221 e. The van der Waals surface area contributed by atoms with Crippen molar-refractivity contribution >= 4 is 23.5 Å². The molecule has 1 heterocycles. The third-order valence-electron chi connectivity index (χ3n) is 2.99. The van der Waals surface area contributed by atoms with Crippen molar-refractivity contribution in [1.29, 1.82) is 0 Å². The fraction of sp³-hybridized carbons (Fsp3) is 0.154. The first kappa shape index (κ1) is 11.2. The molecule has 18 heavy (non-hydrogen) atoms. The van der Waals surface area contributed by atoms with E-state index in [2.05, 4.69) is 9.97 Å². The Morgan fingerprint density at radius 3 is 2.72 bits per heavy atom. The van der Waals surface area contributed by atoms with Crippen molar-refractivity contribution in [3.05, 3.63) is 34.9 Å². The number of anilines is 1. The summed E-state index contributed by atoms with van der Waals surface area (Å²) in [5, 5.41) is 0.649. The van der Waals surface area contributed by atoms with E-state index in [1.807, 2.05) is 31.4 Å². The van der Waals surface area contributed by atoms with Crippen LogP contribution in [0.1, 0.15) is 21.5 Å². The number of hydrogen-bond donors (Lipinski definition) is 1. The summed E-state index contributed by atoms with van der Waals surface area (Å²) >= 11 is 1.41. The summed E-state index contributed by atoms with van der Waals surface area (Å²) in [6.07, 6.45) is 1.88. The maximum absolute atomic E-state index is 12.4. The standard InChI is InChI=1S/C13H11N3OS/c1-6-3-4-7-8(5-6)10-9(11(7)17)12(18-2)16-13(14)15-10/h3-5H,1-2H3,(H2,14,15,16). The Hall–Kier alpha value is -1.88. The first-order valence-corrected chi connectivity index (χ1v) is 6.71. The molecule has 0 saturated carbocycles. The number of nitrogen functional groups attached to an aromatic ring is 1. The van der Waals surface area contributed by atoms with Crippen molar-refractivity contribution in [1.82, 2.24) is 9.97 Å². The Balaban J connectivity index is 2.38. The van der Waals surface area contributed by atoms with Crippen molar-refractivity contribution < 1.29 is 4.79 Å². The molecule has 4 nitrogen and oxygen atoms in total. The van der Waals surface area contributed by atoms with Crippen LogP contribution in [0, 0.1) is 6.92 Å². The number of carbonyl (C=O) groups is 1. The molecule has 1 aliphatic rings. The van der Waals surface area contributed by atoms with E-state index in [9.17, 15) is 4.79 Å². The summed E-state index contributed by atoms with van der Waals surface area (Å²) in [4.78, 5) is 20.7. The summed E-state index contributed by atoms with van der Waals surface area (Å²) in [6.45, 7) is 1.99. The molecular weight excluding hydrogens is 246 g/mol. The van der Waals surface area contributed by atoms with Crippen LogP contribution in [0.5, 0.6) is 0 Å². The number of rotatable bonds is 1. The van der Waals surface area contributed by atoms with Gasteiger partial charge in [-0.25, -0.2) is 9.97 Å². The highest BCUT2D eigenvalue weighted by molar-refractivity contribution is 7.98. The fourth-order valence-electron chi connectivity index (χ4n) is 2.19. The number of nitrogens with zero attached hydrogens (tertiary/aromatic N) is 2. The number of nitrogens with two attached hydrogens (primary N) is 1. The summed E-state index contributed by atoms with van der Waals surface area (Å²) in [5.41, 5.74) is 9.59. The van der Waals surface area contributed by atoms with Crippen LogP contribution in [0.4, 0.5) is 5.95 Å². The number of fused-ring (bicyclic) bond motifs is 3. The highest BCUT2D eigenvalue weighted by Gasteiger charge is 2.31. The lowest BCUT2D eigenvalue weighted by Crippen LogP contribution is -2.03. The van der Waals surface area contributed by atoms with Gasteiger partial charge in [0.2, 0.25) is 5.95 Å². The van der Waals surface area contributed by atoms with E-state index in [-0.39, 0.29) is 11.7 Å². The van der Waals surface area contributed by atoms with Crippen LogP contribution in [0.2, 0.25) is 0 Å². The smallest absolute Gasteiger partial charge is 0.221 e. The minimum atomic E-state index is -0.00986. The van der Waals surface area contributed by atoms with E-state index < -0.39 is 0 Å². The van der Waals surface area contributed by atoms with Crippen molar-refractivity contribution in [2.24, 2.45) is 0 Å². The molecule has 0 bridgehead atoms. The average molecular weight is 257 g/mol. The fourth-order valence-corrected chi connectivity index (χ4v) is 2.77. The summed E-state index contributed by atoms with van der Waals surface area (Å²) in [5.74, 6) is 0.199. The number of aromatic nitrogens is 2. The summed E-state index contributed by atoms with van der Waals surface area (Å²) in [6, 6.07) is 5.74. The number of ketones is 1. The molecule has 2 N–H and O–H groups in total. The van der Waals surface area contributed by atoms with E-state index in [1.165, 1.54) is 11.8 Å². The Morgan fingerprint density at radius 1 is 1.22 bits per heavy atom. The summed E-state index contributed by atoms with van der Waals surface area (Å²) < 4.78 is 0. The van der Waals surface area contributed by atoms with Crippen molar-refractivity contribution in [3.8, 4) is 11.3 Å². The highest BCUT2D eigenvalue weighted by Crippen LogP contribution is 2.39. The zero-order valence-corrected chi connectivity index (χ0v) is 10.8. The van der Waals surface area contributed by atoms with Gasteiger partial charge >= 0.3 is 0 Å². The number of carbonyl (C=O) groups excluding carboxylic acids is 1. The predicted molar refractivity (Wildman–Crippen MR) is 71.8 cm³/mol. The molecule has 0 saturated heterocycles. The van der Waals surface area contributed by atoms with Gasteiger partial charge in [0, 0.05) is 11.1 Å². The lowest BCUT2D eigenvalue weighted by molar-refractivity contribution is 0.104. The van der Waals surface area contributed by atoms with E-state index in [0.717, 1.165) is 11.1 Å². The highest BCUT2D eigenvalue weighted by atomic mass is 32.2. The molecular formula is C13H11N3OS. The largest absolute Gasteiger partial charge is 0.368 e. The third kappa shape index (κ3) is 1.44. The molecule has 0 unspecified atom stereocenters. The molecule has 90 valence electrons. The predicted octanol–water partition coefficient (Wildman–Crippen LogP) is 2.30. The van der Waals surface area contributed by atoms with Crippen molar-refractivity contribution in [2.75, 3.05) is 12.0 Å². The van der Waals surface area contributed by atoms with Crippen LogP contribution in [0.3, 0.4) is 0 Å². The lowest BCUT2D eigenvalue weighted by atomic mass is 10.1. The van der Waals surface area contributed by atoms with Gasteiger partial charge in [0.1, 0.15) is 5.03 Å². The maximum atomic E-state index is 12.4. The summed E-state index contributed by atoms with van der Waals surface area (Å²) in [7, 11) is 0. The zero-order valence-electron chi connectivity index (χ0n) is 10.0. The van der Waals surface area contributed by atoms with Gasteiger partial charge < -0.3 is 5.73 Å². The van der Waals surface area contributed by atoms with Gasteiger partial charge in [-0.1, -0.05) is 17.7 Å². The Morgan fingerprint density at radius 2 is 2.00 bits per heavy atom. The van der Waals surface area contributed by atoms with Gasteiger partial charge in [0.25, 0.3) is 0 Å². The number of thioether (sulfide) groups is 1. The monoisotopic (exact) mass is 257 g/mol. The normalized spacial score (nSPS) is 12.4. The molecule has 3 rings (SSSR count). The van der Waals surface area contributed by atoms with E-state index in [0.29, 0.717) is 21.8 Å². The number of benzene rings is 1. The number of aryl methyl sites for hydroxylation is 1. The van der Waals surface area contributed by atoms with Gasteiger partial charge in [0.05, 0.1) is 11.3 Å². The molecule has 2 aromatic rings. The van der Waals surface area contributed by atoms with E-state index in [1.54, 1.807) is 0 Å². The second-order valence-electron chi connectivity index (χ2n) is 4.19. The van der Waals surface area contributed by atoms with Crippen LogP contribution < -0.4 is 5.73 Å². The Kier molecular flexibility index (Phi) is 2.38. The van der Waals surface area contributed by atoms with Gasteiger partial charge in [-0.3, -0.25) is 4.79 Å². The van der Waals surface area contributed by atoms with Gasteiger partial charge in [0.15, 0.2) is 5.78 Å². The van der Waals surface area contributed by atoms with E-state index in [4.69, 9.17) is 5.73 Å². The van der Waals surface area contributed by atoms with Crippen molar-refractivity contribution in [2.45, 2.75) is 11.9 Å². The number of hydrogen-bond acceptors (Lipinski definition) is 5. The van der Waals surface area contributed by atoms with Gasteiger partial charge in [-0.15, -0.1) is 11.8 Å². The van der Waals surface area contributed by atoms with Crippen LogP contribution in [0.25, 0.3) is 11.3 Å². The van der Waals surface area contributed by atoms with Crippen LogP contribution in [0.15, 0.2) is 23.2 Å². The molecule has 0 amide bonds. The molecule has 1 aromatic carbocycles. The second kappa shape index (κ2) is 3.81. The molecule has 0 atom stereocenters. The zero-order chi connectivity index (χ0) is 12.9. The molecule has 5 heteroatoms. The molecule has 0 spiro atoms. The molecule has 0 radical (unpaired) electrons. The molecule has 0 aliphatic heterocycles. The minimum absolute atomic E-state index is 0.00986. The van der Waals surface area contributed by atoms with Crippen LogP contribution in [-0.4, -0.2) is 22.0 Å². The van der Waals surface area contributed by atoms with Crippen LogP contribution >= 0.6 is 11.8 Å². The first-order valence-electron chi connectivity index (χ1n) is 5.49. The minimum Gasteiger partial charge on any atom is -0.368 e. The molecule has 1 aliphatic carbocycles. The van der Waals surface area contributed by atoms with Gasteiger partial charge in [-0.2, -0.15) is 0 Å². The second-order valence-corrected chi connectivity index (χ2v) is 4.99. The van der Waals surface area contributed by atoms with E-state index >= 15 is 0 Å². The topological polar surface area (TPSA) is 68.9 Å². The quantitative estimate of drug-likeness (QED) is 0.535. The van der Waals surface area contributed by atoms with Crippen molar-refractivity contribution in [3.63, 3.8) is 0 Å². The van der Waals surface area contributed by atoms with Crippen LogP contribution in [-0.2, 0) is 0 Å². The molecule has 1 aromatic heterocycles. The lowest BCUT2D eigenvalue weighted by Gasteiger charge is -2.04. The average Bonchev–Trinajstić information content (AvgIpc) is 2.62. The Labute approximate surface area is 109 Å². The third-order valence-corrected chi connectivity index (χ3v) is 3.67. The SMILES string of the molecule is CSc1nc(N)nc2c1C(=O)c1ccc(C)cc1-2. The molecule has 0 fully saturated rings. The Bertz CT molecular complexity index is 682. The first-order chi connectivity index (χ1) is 8.61. The van der Waals surface area contributed by atoms with Gasteiger partial charge in [-0.05, 0) is 19.2 Å².